The third-order valence-corrected chi connectivity index (χ3v) is 8.71. The van der Waals surface area contributed by atoms with Crippen molar-refractivity contribution in [3.8, 4) is 23.3 Å². The Bertz CT molecular complexity index is 1640. The fourth-order valence-corrected chi connectivity index (χ4v) is 5.94. The molecule has 0 aliphatic rings. The molecule has 12 nitrogen and oxygen atoms in total. The van der Waals surface area contributed by atoms with E-state index in [1.165, 1.54) is 0 Å². The molecule has 0 aliphatic carbocycles. The van der Waals surface area contributed by atoms with Crippen LogP contribution < -0.4 is 9.47 Å². The zero-order chi connectivity index (χ0) is 35.2. The molecular weight excluding hydrogens is 624 g/mol. The Labute approximate surface area is 287 Å². The van der Waals surface area contributed by atoms with Crippen LogP contribution in [0.25, 0.3) is 21.8 Å². The van der Waals surface area contributed by atoms with Crippen molar-refractivity contribution in [2.45, 2.75) is 110 Å². The number of rotatable bonds is 20. The smallest absolute Gasteiger partial charge is 0.264 e. The second kappa shape index (κ2) is 18.7. The Balaban J connectivity index is 1.24. The minimum atomic E-state index is -0.350. The Hall–Kier alpha value is -4.74. The Morgan fingerprint density at radius 1 is 0.612 bits per heavy atom. The van der Waals surface area contributed by atoms with E-state index in [9.17, 15) is 19.8 Å². The number of hydrogen-bond acceptors (Lipinski definition) is 8. The number of aromatic hydroxyl groups is 2. The van der Waals surface area contributed by atoms with E-state index in [1.807, 2.05) is 33.4 Å². The van der Waals surface area contributed by atoms with Gasteiger partial charge in [0.1, 0.15) is 11.5 Å². The minimum Gasteiger partial charge on any atom is -0.497 e. The Morgan fingerprint density at radius 3 is 1.41 bits per heavy atom. The molecular formula is C37H50N6O6. The molecule has 4 aromatic rings. The molecule has 2 heterocycles. The van der Waals surface area contributed by atoms with Gasteiger partial charge in [0.05, 0.1) is 25.3 Å². The maximum atomic E-state index is 12.5. The summed E-state index contributed by atoms with van der Waals surface area (Å²) in [7, 11) is 3.16. The summed E-state index contributed by atoms with van der Waals surface area (Å²) in [5.41, 5.74) is 2.18. The van der Waals surface area contributed by atoms with Gasteiger partial charge in [-0.05, 0) is 62.1 Å². The highest BCUT2D eigenvalue weighted by Crippen LogP contribution is 2.42. The first-order valence-electron chi connectivity index (χ1n) is 17.5. The number of aryl methyl sites for hydroxylation is 2. The molecule has 0 radical (unpaired) electrons. The highest BCUT2D eigenvalue weighted by Gasteiger charge is 2.19. The van der Waals surface area contributed by atoms with Gasteiger partial charge in [-0.25, -0.2) is 0 Å². The quantitative estimate of drug-likeness (QED) is 0.0703. The van der Waals surface area contributed by atoms with E-state index < -0.39 is 0 Å². The molecule has 0 bridgehead atoms. The second-order valence-corrected chi connectivity index (χ2v) is 12.3. The first-order chi connectivity index (χ1) is 23.8. The molecule has 0 spiro atoms. The lowest BCUT2D eigenvalue weighted by Crippen LogP contribution is -1.97. The van der Waals surface area contributed by atoms with Gasteiger partial charge in [-0.15, -0.1) is 20.5 Å². The van der Waals surface area contributed by atoms with Crippen molar-refractivity contribution in [3.05, 3.63) is 36.4 Å². The lowest BCUT2D eigenvalue weighted by molar-refractivity contribution is -0.119. The van der Waals surface area contributed by atoms with E-state index >= 15 is 0 Å². The third kappa shape index (κ3) is 9.67. The Morgan fingerprint density at radius 2 is 1.02 bits per heavy atom. The van der Waals surface area contributed by atoms with Crippen molar-refractivity contribution in [2.24, 2.45) is 20.5 Å². The molecule has 12 heteroatoms. The summed E-state index contributed by atoms with van der Waals surface area (Å²) >= 11 is 0. The van der Waals surface area contributed by atoms with Crippen LogP contribution in [0.5, 0.6) is 23.3 Å². The molecule has 0 fully saturated rings. The summed E-state index contributed by atoms with van der Waals surface area (Å²) in [5.74, 6) is 0.558. The fourth-order valence-electron chi connectivity index (χ4n) is 5.94. The summed E-state index contributed by atoms with van der Waals surface area (Å²) in [6.45, 7) is 5.54. The monoisotopic (exact) mass is 674 g/mol. The zero-order valence-electron chi connectivity index (χ0n) is 29.3. The van der Waals surface area contributed by atoms with E-state index in [-0.39, 0.29) is 47.8 Å². The van der Waals surface area contributed by atoms with Gasteiger partial charge in [-0.1, -0.05) is 58.8 Å². The van der Waals surface area contributed by atoms with Crippen LogP contribution in [-0.2, 0) is 22.7 Å². The number of ether oxygens (including phenoxy) is 2. The van der Waals surface area contributed by atoms with Gasteiger partial charge in [-0.2, -0.15) is 0 Å². The standard InChI is InChI=1S/C37H50N6O6/c1-5-7-14-22-42-30-20-18-26(48-3)24-28(30)34(36(42)46)40-38-32(44)16-12-10-9-11-13-17-33(45)39-41-35-29-25-27(49-4)19-21-31(29)43(37(35)47)23-15-8-6-2/h18-21,24-25,46-47H,5-17,22-23H2,1-4H3. The van der Waals surface area contributed by atoms with Crippen LogP contribution in [0, 0.1) is 0 Å². The van der Waals surface area contributed by atoms with Crippen LogP contribution >= 0.6 is 0 Å². The topological polar surface area (TPSA) is 152 Å². The van der Waals surface area contributed by atoms with Gasteiger partial charge >= 0.3 is 0 Å². The molecule has 264 valence electrons. The maximum absolute atomic E-state index is 12.5. The summed E-state index contributed by atoms with van der Waals surface area (Å²) in [4.78, 5) is 25.0. The lowest BCUT2D eigenvalue weighted by Gasteiger charge is -2.06. The average Bonchev–Trinajstić information content (AvgIpc) is 3.53. The number of aromatic nitrogens is 2. The number of fused-ring (bicyclic) bond motifs is 2. The molecule has 2 aromatic heterocycles. The van der Waals surface area contributed by atoms with Gasteiger partial charge in [0.25, 0.3) is 11.8 Å². The molecule has 0 aliphatic heterocycles. The number of hydrogen-bond donors (Lipinski definition) is 2. The molecule has 0 atom stereocenters. The van der Waals surface area contributed by atoms with Crippen LogP contribution in [0.3, 0.4) is 0 Å². The van der Waals surface area contributed by atoms with Crippen LogP contribution in [0.2, 0.25) is 0 Å². The number of benzene rings is 2. The third-order valence-electron chi connectivity index (χ3n) is 8.71. The van der Waals surface area contributed by atoms with Gasteiger partial charge in [0, 0.05) is 36.7 Å². The largest absolute Gasteiger partial charge is 0.497 e. The molecule has 4 rings (SSSR count). The predicted molar refractivity (Wildman–Crippen MR) is 191 cm³/mol. The number of azo groups is 2. The van der Waals surface area contributed by atoms with Crippen molar-refractivity contribution in [1.29, 1.82) is 0 Å². The second-order valence-electron chi connectivity index (χ2n) is 12.3. The molecule has 49 heavy (non-hydrogen) atoms. The Kier molecular flexibility index (Phi) is 14.2. The normalized spacial score (nSPS) is 11.8. The minimum absolute atomic E-state index is 0.00353. The van der Waals surface area contributed by atoms with Gasteiger partial charge in [0.15, 0.2) is 11.4 Å². The summed E-state index contributed by atoms with van der Waals surface area (Å²) < 4.78 is 14.3. The number of unbranched alkanes of at least 4 members (excludes halogenated alkanes) is 8. The van der Waals surface area contributed by atoms with Gasteiger partial charge in [-0.3, -0.25) is 9.59 Å². The van der Waals surface area contributed by atoms with E-state index in [0.717, 1.165) is 68.8 Å². The molecule has 0 saturated carbocycles. The maximum Gasteiger partial charge on any atom is 0.264 e. The van der Waals surface area contributed by atoms with Crippen molar-refractivity contribution in [3.63, 3.8) is 0 Å². The number of carbonyl (C=O) groups excluding carboxylic acids is 2. The lowest BCUT2D eigenvalue weighted by atomic mass is 10.1. The van der Waals surface area contributed by atoms with E-state index in [1.54, 1.807) is 26.4 Å². The fraction of sp³-hybridized carbons (Fsp3) is 0.514. The predicted octanol–water partition coefficient (Wildman–Crippen LogP) is 10.1. The molecule has 2 aromatic carbocycles. The number of methoxy groups -OCH3 is 2. The summed E-state index contributed by atoms with van der Waals surface area (Å²) in [6.07, 6.45) is 10.3. The molecule has 2 amide bonds. The summed E-state index contributed by atoms with van der Waals surface area (Å²) in [5, 5.41) is 39.4. The van der Waals surface area contributed by atoms with Gasteiger partial charge < -0.3 is 28.8 Å². The highest BCUT2D eigenvalue weighted by atomic mass is 16.5. The van der Waals surface area contributed by atoms with E-state index in [4.69, 9.17) is 9.47 Å². The van der Waals surface area contributed by atoms with Crippen LogP contribution in [0.15, 0.2) is 56.9 Å². The van der Waals surface area contributed by atoms with E-state index in [2.05, 4.69) is 34.3 Å². The first kappa shape index (κ1) is 37.1. The first-order valence-corrected chi connectivity index (χ1v) is 17.5. The van der Waals surface area contributed by atoms with Crippen molar-refractivity contribution in [2.75, 3.05) is 14.2 Å². The van der Waals surface area contributed by atoms with Crippen LogP contribution in [0.4, 0.5) is 11.4 Å². The van der Waals surface area contributed by atoms with Crippen molar-refractivity contribution in [1.82, 2.24) is 9.13 Å². The van der Waals surface area contributed by atoms with E-state index in [0.29, 0.717) is 48.2 Å². The van der Waals surface area contributed by atoms with Crippen LogP contribution in [0.1, 0.15) is 97.3 Å². The summed E-state index contributed by atoms with van der Waals surface area (Å²) in [6, 6.07) is 11.0. The highest BCUT2D eigenvalue weighted by molar-refractivity contribution is 5.97. The van der Waals surface area contributed by atoms with Crippen LogP contribution in [-0.4, -0.2) is 45.4 Å². The zero-order valence-corrected chi connectivity index (χ0v) is 29.3. The van der Waals surface area contributed by atoms with Crippen molar-refractivity contribution < 1.29 is 29.3 Å². The number of nitrogens with zero attached hydrogens (tertiary/aromatic N) is 6. The molecule has 2 N–H and O–H groups in total. The number of carbonyl (C=O) groups is 2. The number of amides is 2. The van der Waals surface area contributed by atoms with Crippen molar-refractivity contribution >= 4 is 45.0 Å². The van der Waals surface area contributed by atoms with Gasteiger partial charge in [0.2, 0.25) is 11.8 Å². The average molecular weight is 675 g/mol. The SMILES string of the molecule is CCCCCn1c(O)c(N=NC(=O)CCCCCCCC(=O)N=Nc2c(O)n(CCCCC)c3ccc(OC)cc23)c2cc(OC)ccc21. The molecule has 0 unspecified atom stereocenters. The molecule has 0 saturated heterocycles.